The Kier molecular flexibility index (Phi) is 6.21. The number of aliphatic imine (C=N–C) groups is 1. The monoisotopic (exact) mass is 329 g/mol. The lowest BCUT2D eigenvalue weighted by molar-refractivity contribution is -0.890. The van der Waals surface area contributed by atoms with E-state index in [9.17, 15) is 5.11 Å². The summed E-state index contributed by atoms with van der Waals surface area (Å²) in [5.74, 6) is 1.72. The molecular weight excluding hydrogens is 304 g/mol. The van der Waals surface area contributed by atoms with Gasteiger partial charge in [-0.2, -0.15) is 0 Å². The van der Waals surface area contributed by atoms with Gasteiger partial charge in [0.05, 0.1) is 34.9 Å². The normalized spacial score (nSPS) is 12.5. The van der Waals surface area contributed by atoms with E-state index >= 15 is 0 Å². The molecule has 1 atom stereocenters. The molecule has 0 heterocycles. The van der Waals surface area contributed by atoms with E-state index in [1.54, 1.807) is 38.6 Å². The second-order valence-corrected chi connectivity index (χ2v) is 5.83. The standard InChI is InChI=1S/C19H24N2O3/c1-21(2)18(14-6-5-7-16(10-14)23-3)13-20-12-15-11-17(24-4)8-9-19(15)22/h5-12,18,22H,13H2,1-4H3/p+1/t18-/m0/s1. The molecule has 128 valence electrons. The first-order valence-electron chi connectivity index (χ1n) is 7.86. The molecule has 0 aromatic heterocycles. The second-order valence-electron chi connectivity index (χ2n) is 5.83. The number of nitrogens with one attached hydrogen (secondary N) is 1. The van der Waals surface area contributed by atoms with Crippen molar-refractivity contribution < 1.29 is 19.5 Å². The number of hydrogen-bond donors (Lipinski definition) is 2. The van der Waals surface area contributed by atoms with Gasteiger partial charge < -0.3 is 19.5 Å². The highest BCUT2D eigenvalue weighted by atomic mass is 16.5. The van der Waals surface area contributed by atoms with E-state index in [4.69, 9.17) is 9.47 Å². The zero-order chi connectivity index (χ0) is 17.5. The van der Waals surface area contributed by atoms with Crippen LogP contribution in [0.1, 0.15) is 17.2 Å². The lowest BCUT2D eigenvalue weighted by atomic mass is 10.1. The van der Waals surface area contributed by atoms with Gasteiger partial charge >= 0.3 is 0 Å². The number of likely N-dealkylation sites (N-methyl/N-ethyl adjacent to an activating group) is 1. The highest BCUT2D eigenvalue weighted by Crippen LogP contribution is 2.21. The summed E-state index contributed by atoms with van der Waals surface area (Å²) in [4.78, 5) is 5.80. The molecule has 0 spiro atoms. The van der Waals surface area contributed by atoms with Gasteiger partial charge in [-0.15, -0.1) is 0 Å². The lowest BCUT2D eigenvalue weighted by Gasteiger charge is -2.20. The minimum Gasteiger partial charge on any atom is -0.507 e. The summed E-state index contributed by atoms with van der Waals surface area (Å²) in [5.41, 5.74) is 1.81. The largest absolute Gasteiger partial charge is 0.507 e. The molecule has 0 radical (unpaired) electrons. The predicted octanol–water partition coefficient (Wildman–Crippen LogP) is 1.71. The molecule has 0 aliphatic rings. The van der Waals surface area contributed by atoms with Crippen molar-refractivity contribution in [3.8, 4) is 17.2 Å². The van der Waals surface area contributed by atoms with Crippen molar-refractivity contribution in [3.63, 3.8) is 0 Å². The Morgan fingerprint density at radius 2 is 1.79 bits per heavy atom. The van der Waals surface area contributed by atoms with Crippen molar-refractivity contribution in [2.24, 2.45) is 4.99 Å². The Labute approximate surface area is 143 Å². The molecule has 2 aromatic rings. The summed E-state index contributed by atoms with van der Waals surface area (Å²) < 4.78 is 10.5. The summed E-state index contributed by atoms with van der Waals surface area (Å²) in [5, 5.41) is 9.92. The first-order chi connectivity index (χ1) is 11.5. The van der Waals surface area contributed by atoms with Gasteiger partial charge in [-0.1, -0.05) is 12.1 Å². The van der Waals surface area contributed by atoms with E-state index in [0.29, 0.717) is 17.9 Å². The Balaban J connectivity index is 2.17. The predicted molar refractivity (Wildman–Crippen MR) is 95.7 cm³/mol. The maximum atomic E-state index is 9.92. The fourth-order valence-electron chi connectivity index (χ4n) is 2.50. The first-order valence-corrected chi connectivity index (χ1v) is 7.86. The molecule has 2 N–H and O–H groups in total. The van der Waals surface area contributed by atoms with Crippen LogP contribution in [0.3, 0.4) is 0 Å². The summed E-state index contributed by atoms with van der Waals surface area (Å²) in [6.07, 6.45) is 1.69. The quantitative estimate of drug-likeness (QED) is 0.761. The SMILES string of the molecule is COc1cccc([C@H](CN=Cc2cc(OC)ccc2O)[NH+](C)C)c1. The average molecular weight is 329 g/mol. The van der Waals surface area contributed by atoms with Crippen LogP contribution in [-0.4, -0.2) is 46.2 Å². The average Bonchev–Trinajstić information content (AvgIpc) is 2.59. The van der Waals surface area contributed by atoms with Crippen molar-refractivity contribution in [2.45, 2.75) is 6.04 Å². The number of benzene rings is 2. The van der Waals surface area contributed by atoms with Gasteiger partial charge in [0.15, 0.2) is 0 Å². The zero-order valence-electron chi connectivity index (χ0n) is 14.6. The zero-order valence-corrected chi connectivity index (χ0v) is 14.6. The van der Waals surface area contributed by atoms with Crippen molar-refractivity contribution in [2.75, 3.05) is 34.9 Å². The van der Waals surface area contributed by atoms with Crippen LogP contribution in [0, 0.1) is 0 Å². The van der Waals surface area contributed by atoms with Crippen LogP contribution in [0.4, 0.5) is 0 Å². The second kappa shape index (κ2) is 8.36. The summed E-state index contributed by atoms with van der Waals surface area (Å²) in [7, 11) is 7.47. The van der Waals surface area contributed by atoms with Gasteiger partial charge in [0, 0.05) is 17.3 Å². The van der Waals surface area contributed by atoms with Crippen LogP contribution in [0.2, 0.25) is 0 Å². The maximum absolute atomic E-state index is 9.92. The smallest absolute Gasteiger partial charge is 0.133 e. The van der Waals surface area contributed by atoms with Crippen molar-refractivity contribution in [1.29, 1.82) is 0 Å². The van der Waals surface area contributed by atoms with Gasteiger partial charge in [-0.05, 0) is 30.3 Å². The topological polar surface area (TPSA) is 55.5 Å². The number of phenolic OH excluding ortho intramolecular Hbond substituents is 1. The Morgan fingerprint density at radius 3 is 2.46 bits per heavy atom. The third-order valence-corrected chi connectivity index (χ3v) is 3.95. The highest BCUT2D eigenvalue weighted by molar-refractivity contribution is 5.84. The van der Waals surface area contributed by atoms with Gasteiger partial charge in [-0.3, -0.25) is 4.99 Å². The van der Waals surface area contributed by atoms with Crippen molar-refractivity contribution in [1.82, 2.24) is 0 Å². The fraction of sp³-hybridized carbons (Fsp3) is 0.316. The number of aromatic hydroxyl groups is 1. The molecule has 0 amide bonds. The van der Waals surface area contributed by atoms with Crippen molar-refractivity contribution in [3.05, 3.63) is 53.6 Å². The van der Waals surface area contributed by atoms with E-state index in [0.717, 1.165) is 5.75 Å². The lowest BCUT2D eigenvalue weighted by Crippen LogP contribution is -3.06. The van der Waals surface area contributed by atoms with E-state index in [1.807, 2.05) is 18.2 Å². The number of quaternary nitrogens is 1. The third-order valence-electron chi connectivity index (χ3n) is 3.95. The molecule has 0 unspecified atom stereocenters. The minimum atomic E-state index is 0.190. The maximum Gasteiger partial charge on any atom is 0.133 e. The van der Waals surface area contributed by atoms with Crippen LogP contribution < -0.4 is 14.4 Å². The van der Waals surface area contributed by atoms with Crippen LogP contribution in [-0.2, 0) is 0 Å². The molecule has 0 saturated heterocycles. The molecule has 0 bridgehead atoms. The fourth-order valence-corrected chi connectivity index (χ4v) is 2.50. The summed E-state index contributed by atoms with van der Waals surface area (Å²) >= 11 is 0. The molecule has 0 aliphatic carbocycles. The van der Waals surface area contributed by atoms with E-state index in [1.165, 1.54) is 10.5 Å². The third kappa shape index (κ3) is 4.49. The molecular formula is C19H25N2O3+. The van der Waals surface area contributed by atoms with Crippen molar-refractivity contribution >= 4 is 6.21 Å². The number of phenols is 1. The van der Waals surface area contributed by atoms with E-state index in [2.05, 4.69) is 25.2 Å². The molecule has 5 nitrogen and oxygen atoms in total. The summed E-state index contributed by atoms with van der Waals surface area (Å²) in [6, 6.07) is 13.3. The minimum absolute atomic E-state index is 0.190. The van der Waals surface area contributed by atoms with Gasteiger partial charge in [-0.25, -0.2) is 0 Å². The molecule has 2 aromatic carbocycles. The molecule has 0 saturated carbocycles. The number of hydrogen-bond acceptors (Lipinski definition) is 4. The Morgan fingerprint density at radius 1 is 1.08 bits per heavy atom. The highest BCUT2D eigenvalue weighted by Gasteiger charge is 2.17. The van der Waals surface area contributed by atoms with E-state index in [-0.39, 0.29) is 11.8 Å². The Hall–Kier alpha value is -2.53. The molecule has 0 aliphatic heterocycles. The van der Waals surface area contributed by atoms with Crippen LogP contribution >= 0.6 is 0 Å². The van der Waals surface area contributed by atoms with Crippen LogP contribution in [0.5, 0.6) is 17.2 Å². The molecule has 24 heavy (non-hydrogen) atoms. The Bertz CT molecular complexity index is 699. The number of ether oxygens (including phenoxy) is 2. The number of rotatable bonds is 7. The van der Waals surface area contributed by atoms with E-state index < -0.39 is 0 Å². The molecule has 2 rings (SSSR count). The molecule has 0 fully saturated rings. The first kappa shape index (κ1) is 17.8. The number of methoxy groups -OCH3 is 2. The van der Waals surface area contributed by atoms with Crippen LogP contribution in [0.25, 0.3) is 0 Å². The van der Waals surface area contributed by atoms with Gasteiger partial charge in [0.25, 0.3) is 0 Å². The van der Waals surface area contributed by atoms with Gasteiger partial charge in [0.2, 0.25) is 0 Å². The summed E-state index contributed by atoms with van der Waals surface area (Å²) in [6.45, 7) is 0.603. The number of nitrogens with zero attached hydrogens (tertiary/aromatic N) is 1. The van der Waals surface area contributed by atoms with Gasteiger partial charge in [0.1, 0.15) is 23.3 Å². The molecule has 5 heteroatoms. The van der Waals surface area contributed by atoms with Crippen LogP contribution in [0.15, 0.2) is 47.5 Å².